The highest BCUT2D eigenvalue weighted by Gasteiger charge is 2.26. The van der Waals surface area contributed by atoms with Crippen molar-refractivity contribution < 1.29 is 9.18 Å². The van der Waals surface area contributed by atoms with Gasteiger partial charge in [-0.2, -0.15) is 0 Å². The van der Waals surface area contributed by atoms with Crippen LogP contribution in [0.25, 0.3) is 0 Å². The van der Waals surface area contributed by atoms with E-state index in [1.807, 2.05) is 31.9 Å². The van der Waals surface area contributed by atoms with Gasteiger partial charge in [0.1, 0.15) is 5.82 Å². The molecule has 0 aromatic heterocycles. The second kappa shape index (κ2) is 7.77. The molecule has 2 amide bonds. The SMILES string of the molecule is CNCC1CCCN(C(=O)NCC(C)(C)c2cccc(F)c2)C1. The summed E-state index contributed by atoms with van der Waals surface area (Å²) in [7, 11) is 1.94. The third kappa shape index (κ3) is 4.93. The van der Waals surface area contributed by atoms with Crippen LogP contribution in [0, 0.1) is 11.7 Å². The van der Waals surface area contributed by atoms with Crippen LogP contribution in [0.1, 0.15) is 32.3 Å². The average molecular weight is 321 g/mol. The number of carbonyl (C=O) groups excluding carboxylic acids is 1. The number of urea groups is 1. The van der Waals surface area contributed by atoms with Gasteiger partial charge < -0.3 is 15.5 Å². The van der Waals surface area contributed by atoms with Crippen molar-refractivity contribution in [2.45, 2.75) is 32.1 Å². The normalized spacial score (nSPS) is 18.8. The van der Waals surface area contributed by atoms with Gasteiger partial charge in [0, 0.05) is 25.0 Å². The summed E-state index contributed by atoms with van der Waals surface area (Å²) < 4.78 is 13.4. The van der Waals surface area contributed by atoms with Crippen molar-refractivity contribution in [1.29, 1.82) is 0 Å². The van der Waals surface area contributed by atoms with Crippen molar-refractivity contribution in [2.75, 3.05) is 33.2 Å². The summed E-state index contributed by atoms with van der Waals surface area (Å²) >= 11 is 0. The van der Waals surface area contributed by atoms with Gasteiger partial charge in [-0.3, -0.25) is 0 Å². The molecule has 0 saturated carbocycles. The van der Waals surface area contributed by atoms with Gasteiger partial charge in [-0.25, -0.2) is 9.18 Å². The maximum absolute atomic E-state index is 13.4. The van der Waals surface area contributed by atoms with E-state index in [4.69, 9.17) is 0 Å². The van der Waals surface area contributed by atoms with Crippen molar-refractivity contribution in [1.82, 2.24) is 15.5 Å². The quantitative estimate of drug-likeness (QED) is 0.876. The number of benzene rings is 1. The Morgan fingerprint density at radius 1 is 1.43 bits per heavy atom. The first kappa shape index (κ1) is 17.7. The van der Waals surface area contributed by atoms with Crippen LogP contribution in [0.4, 0.5) is 9.18 Å². The van der Waals surface area contributed by atoms with Crippen LogP contribution in [0.5, 0.6) is 0 Å². The number of likely N-dealkylation sites (tertiary alicyclic amines) is 1. The van der Waals surface area contributed by atoms with Crippen molar-refractivity contribution in [3.8, 4) is 0 Å². The lowest BCUT2D eigenvalue weighted by Gasteiger charge is -2.34. The van der Waals surface area contributed by atoms with Gasteiger partial charge in [0.05, 0.1) is 0 Å². The molecule has 1 aromatic carbocycles. The minimum atomic E-state index is -0.308. The Hall–Kier alpha value is -1.62. The van der Waals surface area contributed by atoms with E-state index in [9.17, 15) is 9.18 Å². The van der Waals surface area contributed by atoms with E-state index in [1.54, 1.807) is 6.07 Å². The van der Waals surface area contributed by atoms with E-state index >= 15 is 0 Å². The fourth-order valence-electron chi connectivity index (χ4n) is 3.12. The van der Waals surface area contributed by atoms with Gasteiger partial charge in [-0.1, -0.05) is 26.0 Å². The first-order valence-corrected chi connectivity index (χ1v) is 8.36. The molecule has 2 N–H and O–H groups in total. The molecule has 0 aliphatic carbocycles. The summed E-state index contributed by atoms with van der Waals surface area (Å²) in [6.45, 7) is 7.07. The van der Waals surface area contributed by atoms with Crippen LogP contribution in [-0.4, -0.2) is 44.2 Å². The predicted molar refractivity (Wildman–Crippen MR) is 91.0 cm³/mol. The maximum atomic E-state index is 13.4. The van der Waals surface area contributed by atoms with E-state index in [-0.39, 0.29) is 17.3 Å². The van der Waals surface area contributed by atoms with Crippen LogP contribution in [0.15, 0.2) is 24.3 Å². The van der Waals surface area contributed by atoms with Crippen LogP contribution < -0.4 is 10.6 Å². The minimum absolute atomic E-state index is 0.0183. The van der Waals surface area contributed by atoms with Crippen molar-refractivity contribution >= 4 is 6.03 Å². The Balaban J connectivity index is 1.90. The van der Waals surface area contributed by atoms with E-state index < -0.39 is 0 Å². The first-order valence-electron chi connectivity index (χ1n) is 8.36. The molecule has 5 heteroatoms. The molecule has 1 aliphatic rings. The second-order valence-electron chi connectivity index (χ2n) is 7.06. The molecule has 0 radical (unpaired) electrons. The highest BCUT2D eigenvalue weighted by atomic mass is 19.1. The number of hydrogen-bond acceptors (Lipinski definition) is 2. The Morgan fingerprint density at radius 2 is 2.22 bits per heavy atom. The zero-order valence-corrected chi connectivity index (χ0v) is 14.4. The Morgan fingerprint density at radius 3 is 2.91 bits per heavy atom. The first-order chi connectivity index (χ1) is 10.9. The third-order valence-corrected chi connectivity index (χ3v) is 4.59. The third-order valence-electron chi connectivity index (χ3n) is 4.59. The van der Waals surface area contributed by atoms with Crippen LogP contribution in [0.2, 0.25) is 0 Å². The number of rotatable bonds is 5. The number of nitrogens with zero attached hydrogens (tertiary/aromatic N) is 1. The molecule has 1 fully saturated rings. The summed E-state index contributed by atoms with van der Waals surface area (Å²) in [4.78, 5) is 14.3. The Labute approximate surface area is 138 Å². The fourth-order valence-corrected chi connectivity index (χ4v) is 3.12. The molecule has 4 nitrogen and oxygen atoms in total. The zero-order chi connectivity index (χ0) is 16.9. The molecule has 0 bridgehead atoms. The molecule has 1 atom stereocenters. The van der Waals surface area contributed by atoms with Crippen molar-refractivity contribution in [2.24, 2.45) is 5.92 Å². The maximum Gasteiger partial charge on any atom is 0.317 e. The smallest absolute Gasteiger partial charge is 0.317 e. The van der Waals surface area contributed by atoms with Crippen LogP contribution in [-0.2, 0) is 5.41 Å². The van der Waals surface area contributed by atoms with E-state index in [0.717, 1.165) is 31.6 Å². The minimum Gasteiger partial charge on any atom is -0.337 e. The number of nitrogens with one attached hydrogen (secondary N) is 2. The molecule has 23 heavy (non-hydrogen) atoms. The topological polar surface area (TPSA) is 44.4 Å². The summed E-state index contributed by atoms with van der Waals surface area (Å²) in [5.41, 5.74) is 0.585. The Kier molecular flexibility index (Phi) is 5.99. The lowest BCUT2D eigenvalue weighted by Crippen LogP contribution is -2.49. The Bertz CT molecular complexity index is 531. The summed E-state index contributed by atoms with van der Waals surface area (Å²) in [5.74, 6) is 0.281. The van der Waals surface area contributed by atoms with Gasteiger partial charge in [-0.05, 0) is 50.0 Å². The number of hydrogen-bond donors (Lipinski definition) is 2. The molecule has 1 aromatic rings. The number of carbonyl (C=O) groups is 1. The molecular formula is C18H28FN3O. The largest absolute Gasteiger partial charge is 0.337 e. The molecule has 0 spiro atoms. The summed E-state index contributed by atoms with van der Waals surface area (Å²) in [6.07, 6.45) is 2.21. The summed E-state index contributed by atoms with van der Waals surface area (Å²) in [5, 5.41) is 6.20. The lowest BCUT2D eigenvalue weighted by molar-refractivity contribution is 0.163. The molecule has 2 rings (SSSR count). The highest BCUT2D eigenvalue weighted by Crippen LogP contribution is 2.23. The molecule has 128 valence electrons. The molecule has 1 aliphatic heterocycles. The van der Waals surface area contributed by atoms with Crippen molar-refractivity contribution in [3.05, 3.63) is 35.6 Å². The predicted octanol–water partition coefficient (Wildman–Crippen LogP) is 2.74. The van der Waals surface area contributed by atoms with E-state index in [1.165, 1.54) is 18.6 Å². The molecule has 1 saturated heterocycles. The lowest BCUT2D eigenvalue weighted by atomic mass is 9.84. The van der Waals surface area contributed by atoms with Gasteiger partial charge in [-0.15, -0.1) is 0 Å². The average Bonchev–Trinajstić information content (AvgIpc) is 2.53. The number of halogens is 1. The standard InChI is InChI=1S/C18H28FN3O/c1-18(2,15-7-4-8-16(19)10-15)13-21-17(23)22-9-5-6-14(12-22)11-20-3/h4,7-8,10,14,20H,5-6,9,11-13H2,1-3H3,(H,21,23). The highest BCUT2D eigenvalue weighted by molar-refractivity contribution is 5.74. The second-order valence-corrected chi connectivity index (χ2v) is 7.06. The number of amides is 2. The van der Waals surface area contributed by atoms with Gasteiger partial charge in [0.2, 0.25) is 0 Å². The molecule has 1 unspecified atom stereocenters. The number of piperidine rings is 1. The molecular weight excluding hydrogens is 293 g/mol. The van der Waals surface area contributed by atoms with Gasteiger partial charge >= 0.3 is 6.03 Å². The monoisotopic (exact) mass is 321 g/mol. The molecule has 1 heterocycles. The van der Waals surface area contributed by atoms with E-state index in [0.29, 0.717) is 12.5 Å². The van der Waals surface area contributed by atoms with Gasteiger partial charge in [0.15, 0.2) is 0 Å². The van der Waals surface area contributed by atoms with E-state index in [2.05, 4.69) is 10.6 Å². The van der Waals surface area contributed by atoms with Crippen molar-refractivity contribution in [3.63, 3.8) is 0 Å². The van der Waals surface area contributed by atoms with Gasteiger partial charge in [0.25, 0.3) is 0 Å². The zero-order valence-electron chi connectivity index (χ0n) is 14.4. The van der Waals surface area contributed by atoms with Crippen LogP contribution in [0.3, 0.4) is 0 Å². The summed E-state index contributed by atoms with van der Waals surface area (Å²) in [6, 6.07) is 6.57. The van der Waals surface area contributed by atoms with Crippen LogP contribution >= 0.6 is 0 Å². The fraction of sp³-hybridized carbons (Fsp3) is 0.611.